The molecule has 4 rings (SSSR count). The third kappa shape index (κ3) is 8.16. The van der Waals surface area contributed by atoms with Crippen molar-refractivity contribution in [3.05, 3.63) is 56.9 Å². The van der Waals surface area contributed by atoms with Gasteiger partial charge in [0, 0.05) is 22.7 Å². The van der Waals surface area contributed by atoms with E-state index in [1.807, 2.05) is 48.3 Å². The minimum absolute atomic E-state index is 0.00311. The highest BCUT2D eigenvalue weighted by molar-refractivity contribution is 14.1. The molecule has 2 fully saturated rings. The summed E-state index contributed by atoms with van der Waals surface area (Å²) in [5, 5.41) is 16.9. The number of carbonyl (C=O) groups is 2. The van der Waals surface area contributed by atoms with Crippen molar-refractivity contribution in [2.45, 2.75) is 71.6 Å². The van der Waals surface area contributed by atoms with E-state index in [0.717, 1.165) is 25.0 Å². The zero-order chi connectivity index (χ0) is 32.6. The summed E-state index contributed by atoms with van der Waals surface area (Å²) in [5.74, 6) is -3.48. The molecule has 0 spiro atoms. The lowest BCUT2D eigenvalue weighted by atomic mass is 9.77. The molecular formula is C32H42F3IN4O4. The van der Waals surface area contributed by atoms with Gasteiger partial charge in [0.05, 0.1) is 30.0 Å². The summed E-state index contributed by atoms with van der Waals surface area (Å²) >= 11 is 1.93. The van der Waals surface area contributed by atoms with Crippen LogP contribution < -0.4 is 10.6 Å². The van der Waals surface area contributed by atoms with Crippen LogP contribution in [0.2, 0.25) is 0 Å². The van der Waals surface area contributed by atoms with Crippen molar-refractivity contribution in [2.24, 2.45) is 11.3 Å². The Kier molecular flexibility index (Phi) is 10.2. The van der Waals surface area contributed by atoms with Gasteiger partial charge in [-0.05, 0) is 104 Å². The fraction of sp³-hybridized carbons (Fsp3) is 0.562. The number of piperidine rings is 1. The molecule has 2 saturated heterocycles. The van der Waals surface area contributed by atoms with Crippen LogP contribution in [0.4, 0.5) is 29.3 Å². The lowest BCUT2D eigenvalue weighted by Gasteiger charge is -2.48. The molecule has 2 atom stereocenters. The van der Waals surface area contributed by atoms with E-state index in [1.165, 1.54) is 17.0 Å². The number of β-amino-alcohol motifs (C(OH)–C–C–N with tert-alkyl or cyclic N) is 1. The van der Waals surface area contributed by atoms with Gasteiger partial charge in [0.2, 0.25) is 0 Å². The Bertz CT molecular complexity index is 1390. The lowest BCUT2D eigenvalue weighted by molar-refractivity contribution is -0.0793. The first-order chi connectivity index (χ1) is 20.4. The van der Waals surface area contributed by atoms with Gasteiger partial charge < -0.3 is 30.3 Å². The van der Waals surface area contributed by atoms with E-state index in [4.69, 9.17) is 4.74 Å². The molecule has 0 bridgehead atoms. The third-order valence-electron chi connectivity index (χ3n) is 8.00. The van der Waals surface area contributed by atoms with Gasteiger partial charge in [0.25, 0.3) is 5.91 Å². The molecule has 44 heavy (non-hydrogen) atoms. The maximum absolute atomic E-state index is 14.8. The molecule has 3 N–H and O–H groups in total. The van der Waals surface area contributed by atoms with Gasteiger partial charge >= 0.3 is 6.09 Å². The Morgan fingerprint density at radius 2 is 1.75 bits per heavy atom. The molecular weight excluding hydrogens is 688 g/mol. The standard InChI is InChI=1S/C32H42F3IN4O4/c1-30(2,3)25-13-19(11-12-40(25)29(42)44-31(4,5)6)15-37-16-32(43)17-39(18-32)28(41)21-8-9-22(33)26(35)27(21)38-24-10-7-20(36)14-23(24)34/h7-10,14,19,25,37-38,43H,11-13,15-18H2,1-6H3. The SMILES string of the molecule is CC(C)(C)OC(=O)N1CCC(CNCC2(O)CN(C(=O)c3ccc(F)c(F)c3Nc3ccc(I)cc3F)C2)CC1C(C)(C)C. The highest BCUT2D eigenvalue weighted by Crippen LogP contribution is 2.36. The second-order valence-electron chi connectivity index (χ2n) is 14.0. The largest absolute Gasteiger partial charge is 0.444 e. The number of amides is 2. The molecule has 242 valence electrons. The van der Waals surface area contributed by atoms with Gasteiger partial charge in [0.15, 0.2) is 11.6 Å². The molecule has 2 aliphatic heterocycles. The molecule has 12 heteroatoms. The van der Waals surface area contributed by atoms with Crippen LogP contribution in [0.1, 0.15) is 64.7 Å². The average Bonchev–Trinajstić information content (AvgIpc) is 2.89. The van der Waals surface area contributed by atoms with Gasteiger partial charge in [0.1, 0.15) is 17.0 Å². The van der Waals surface area contributed by atoms with Gasteiger partial charge in [-0.2, -0.15) is 0 Å². The van der Waals surface area contributed by atoms with Crippen LogP contribution in [-0.4, -0.2) is 76.9 Å². The fourth-order valence-corrected chi connectivity index (χ4v) is 6.21. The zero-order valence-electron chi connectivity index (χ0n) is 26.1. The molecule has 2 amide bonds. The molecule has 2 heterocycles. The van der Waals surface area contributed by atoms with Gasteiger partial charge in [-0.25, -0.2) is 18.0 Å². The molecule has 2 aliphatic rings. The van der Waals surface area contributed by atoms with Crippen LogP contribution in [0.25, 0.3) is 0 Å². The predicted octanol–water partition coefficient (Wildman–Crippen LogP) is 6.29. The summed E-state index contributed by atoms with van der Waals surface area (Å²) < 4.78 is 49.6. The Labute approximate surface area is 270 Å². The second kappa shape index (κ2) is 13.0. The first kappa shape index (κ1) is 34.3. The number of halogens is 4. The van der Waals surface area contributed by atoms with E-state index >= 15 is 0 Å². The number of nitrogens with one attached hydrogen (secondary N) is 2. The second-order valence-corrected chi connectivity index (χ2v) is 15.2. The Hall–Kier alpha value is -2.58. The molecule has 0 radical (unpaired) electrons. The molecule has 0 saturated carbocycles. The van der Waals surface area contributed by atoms with Crippen LogP contribution in [0, 0.1) is 32.4 Å². The van der Waals surface area contributed by atoms with Gasteiger partial charge in [-0.3, -0.25) is 4.79 Å². The number of hydrogen-bond acceptors (Lipinski definition) is 6. The van der Waals surface area contributed by atoms with E-state index in [2.05, 4.69) is 31.4 Å². The number of likely N-dealkylation sites (tertiary alicyclic amines) is 2. The van der Waals surface area contributed by atoms with Crippen LogP contribution in [0.5, 0.6) is 0 Å². The number of aliphatic hydroxyl groups is 1. The maximum Gasteiger partial charge on any atom is 0.410 e. The number of benzene rings is 2. The smallest absolute Gasteiger partial charge is 0.410 e. The zero-order valence-corrected chi connectivity index (χ0v) is 28.2. The summed E-state index contributed by atoms with van der Waals surface area (Å²) in [7, 11) is 0. The number of nitrogens with zero attached hydrogens (tertiary/aromatic N) is 2. The highest BCUT2D eigenvalue weighted by atomic mass is 127. The lowest BCUT2D eigenvalue weighted by Crippen LogP contribution is -2.67. The van der Waals surface area contributed by atoms with Gasteiger partial charge in [-0.1, -0.05) is 20.8 Å². The summed E-state index contributed by atoms with van der Waals surface area (Å²) in [6, 6.07) is 6.21. The number of carbonyl (C=O) groups excluding carboxylic acids is 2. The minimum atomic E-state index is -1.29. The van der Waals surface area contributed by atoms with Crippen molar-refractivity contribution in [2.75, 3.05) is 38.0 Å². The first-order valence-electron chi connectivity index (χ1n) is 14.8. The predicted molar refractivity (Wildman–Crippen MR) is 171 cm³/mol. The Balaban J connectivity index is 1.34. The molecule has 2 aromatic carbocycles. The van der Waals surface area contributed by atoms with Crippen molar-refractivity contribution in [1.82, 2.24) is 15.1 Å². The monoisotopic (exact) mass is 730 g/mol. The van der Waals surface area contributed by atoms with Crippen molar-refractivity contribution in [3.63, 3.8) is 0 Å². The summed E-state index contributed by atoms with van der Waals surface area (Å²) in [4.78, 5) is 29.4. The molecule has 2 unspecified atom stereocenters. The normalized spacial score (nSPS) is 20.2. The molecule has 2 aromatic rings. The topological polar surface area (TPSA) is 94.1 Å². The summed E-state index contributed by atoms with van der Waals surface area (Å²) in [6.07, 6.45) is 1.27. The van der Waals surface area contributed by atoms with Crippen LogP contribution in [-0.2, 0) is 4.74 Å². The molecule has 0 aromatic heterocycles. The number of anilines is 2. The van der Waals surface area contributed by atoms with Crippen molar-refractivity contribution in [3.8, 4) is 0 Å². The van der Waals surface area contributed by atoms with Gasteiger partial charge in [-0.15, -0.1) is 0 Å². The maximum atomic E-state index is 14.8. The summed E-state index contributed by atoms with van der Waals surface area (Å²) in [5.41, 5.74) is -2.64. The number of ether oxygens (including phenoxy) is 1. The Morgan fingerprint density at radius 1 is 1.07 bits per heavy atom. The van der Waals surface area contributed by atoms with Crippen LogP contribution in [0.15, 0.2) is 30.3 Å². The van der Waals surface area contributed by atoms with Crippen molar-refractivity contribution >= 4 is 46.0 Å². The van der Waals surface area contributed by atoms with E-state index in [1.54, 1.807) is 6.07 Å². The molecule has 8 nitrogen and oxygen atoms in total. The van der Waals surface area contributed by atoms with E-state index < -0.39 is 40.2 Å². The number of rotatable bonds is 7. The fourth-order valence-electron chi connectivity index (χ4n) is 5.76. The Morgan fingerprint density at radius 3 is 2.36 bits per heavy atom. The molecule has 0 aliphatic carbocycles. The van der Waals surface area contributed by atoms with E-state index in [0.29, 0.717) is 16.7 Å². The quantitative estimate of drug-likeness (QED) is 0.290. The highest BCUT2D eigenvalue weighted by Gasteiger charge is 2.45. The third-order valence-corrected chi connectivity index (χ3v) is 8.67. The summed E-state index contributed by atoms with van der Waals surface area (Å²) in [6.45, 7) is 13.3. The van der Waals surface area contributed by atoms with Crippen LogP contribution >= 0.6 is 22.6 Å². The van der Waals surface area contributed by atoms with Crippen molar-refractivity contribution < 1.29 is 32.6 Å². The van der Waals surface area contributed by atoms with Crippen molar-refractivity contribution in [1.29, 1.82) is 0 Å². The first-order valence-corrected chi connectivity index (χ1v) is 15.9. The van der Waals surface area contributed by atoms with E-state index in [-0.39, 0.29) is 54.4 Å². The number of hydrogen-bond donors (Lipinski definition) is 3. The minimum Gasteiger partial charge on any atom is -0.444 e. The average molecular weight is 731 g/mol. The van der Waals surface area contributed by atoms with Crippen LogP contribution in [0.3, 0.4) is 0 Å². The van der Waals surface area contributed by atoms with E-state index in [9.17, 15) is 27.9 Å².